The van der Waals surface area contributed by atoms with Crippen LogP contribution in [0.25, 0.3) is 0 Å². The van der Waals surface area contributed by atoms with Crippen molar-refractivity contribution in [1.29, 1.82) is 0 Å². The van der Waals surface area contributed by atoms with Gasteiger partial charge in [-0.15, -0.1) is 0 Å². The summed E-state index contributed by atoms with van der Waals surface area (Å²) in [6.45, 7) is 1.86. The average molecular weight is 298 g/mol. The van der Waals surface area contributed by atoms with Gasteiger partial charge in [-0.25, -0.2) is 4.84 Å². The minimum Gasteiger partial charge on any atom is -0.497 e. The van der Waals surface area contributed by atoms with Crippen molar-refractivity contribution in [3.8, 4) is 5.75 Å². The third kappa shape index (κ3) is 2.89. The predicted molar refractivity (Wildman–Crippen MR) is 84.7 cm³/mol. The minimum absolute atomic E-state index is 0.0743. The molecule has 1 amide bonds. The van der Waals surface area contributed by atoms with Crippen molar-refractivity contribution >= 4 is 17.3 Å². The van der Waals surface area contributed by atoms with E-state index in [0.717, 1.165) is 17.1 Å². The molecule has 0 aliphatic carbocycles. The van der Waals surface area contributed by atoms with E-state index in [4.69, 9.17) is 9.57 Å². The van der Waals surface area contributed by atoms with Crippen LogP contribution in [0, 0.1) is 0 Å². The van der Waals surface area contributed by atoms with Crippen LogP contribution in [-0.2, 0) is 9.63 Å². The molecule has 5 nitrogen and oxygen atoms in total. The van der Waals surface area contributed by atoms with Gasteiger partial charge in [0.2, 0.25) is 0 Å². The number of amides is 1. The van der Waals surface area contributed by atoms with E-state index in [1.165, 1.54) is 5.06 Å². The van der Waals surface area contributed by atoms with E-state index in [1.54, 1.807) is 7.11 Å². The number of nitrogens with zero attached hydrogens (tertiary/aromatic N) is 1. The van der Waals surface area contributed by atoms with E-state index < -0.39 is 5.72 Å². The summed E-state index contributed by atoms with van der Waals surface area (Å²) in [5.74, 6) is 0.708. The van der Waals surface area contributed by atoms with Crippen LogP contribution in [0.1, 0.15) is 13.3 Å². The molecule has 1 saturated heterocycles. The number of ether oxygens (including phenoxy) is 1. The lowest BCUT2D eigenvalue weighted by Crippen LogP contribution is -2.35. The van der Waals surface area contributed by atoms with Gasteiger partial charge in [-0.05, 0) is 43.3 Å². The van der Waals surface area contributed by atoms with Crippen molar-refractivity contribution in [2.45, 2.75) is 19.1 Å². The molecule has 1 aliphatic heterocycles. The highest BCUT2D eigenvalue weighted by atomic mass is 16.7. The molecule has 0 saturated carbocycles. The largest absolute Gasteiger partial charge is 0.497 e. The summed E-state index contributed by atoms with van der Waals surface area (Å²) < 4.78 is 5.13. The molecule has 2 aromatic rings. The molecule has 1 heterocycles. The van der Waals surface area contributed by atoms with E-state index in [-0.39, 0.29) is 12.3 Å². The molecule has 1 fully saturated rings. The van der Waals surface area contributed by atoms with Crippen LogP contribution in [-0.4, -0.2) is 18.7 Å². The number of carbonyl (C=O) groups is 1. The van der Waals surface area contributed by atoms with Crippen LogP contribution in [0.2, 0.25) is 0 Å². The number of methoxy groups -OCH3 is 1. The lowest BCUT2D eigenvalue weighted by molar-refractivity contribution is -0.119. The van der Waals surface area contributed by atoms with Crippen molar-refractivity contribution in [3.05, 3.63) is 54.6 Å². The van der Waals surface area contributed by atoms with Crippen molar-refractivity contribution in [3.63, 3.8) is 0 Å². The molecule has 5 heteroatoms. The lowest BCUT2D eigenvalue weighted by atomic mass is 10.1. The molecule has 1 aliphatic rings. The van der Waals surface area contributed by atoms with E-state index >= 15 is 0 Å². The van der Waals surface area contributed by atoms with Gasteiger partial charge in [-0.3, -0.25) is 4.79 Å². The number of nitrogens with one attached hydrogen (secondary N) is 1. The Morgan fingerprint density at radius 2 is 1.82 bits per heavy atom. The lowest BCUT2D eigenvalue weighted by Gasteiger charge is -2.26. The van der Waals surface area contributed by atoms with Crippen LogP contribution in [0.15, 0.2) is 54.6 Å². The SMILES string of the molecule is COc1ccc(NC2(C)CC(=O)N(c3ccccc3)O2)cc1. The second-order valence-corrected chi connectivity index (χ2v) is 5.38. The summed E-state index contributed by atoms with van der Waals surface area (Å²) in [5, 5.41) is 4.60. The number of hydrogen-bond donors (Lipinski definition) is 1. The maximum atomic E-state index is 12.2. The Hall–Kier alpha value is -2.53. The Kier molecular flexibility index (Phi) is 3.73. The zero-order valence-corrected chi connectivity index (χ0v) is 12.6. The number of benzene rings is 2. The van der Waals surface area contributed by atoms with Gasteiger partial charge >= 0.3 is 0 Å². The predicted octanol–water partition coefficient (Wildman–Crippen LogP) is 3.19. The molecule has 2 aromatic carbocycles. The molecular weight excluding hydrogens is 280 g/mol. The second kappa shape index (κ2) is 5.69. The van der Waals surface area contributed by atoms with Crippen molar-refractivity contribution < 1.29 is 14.4 Å². The smallest absolute Gasteiger partial charge is 0.255 e. The molecule has 1 unspecified atom stereocenters. The number of hydroxylamine groups is 1. The van der Waals surface area contributed by atoms with E-state index in [1.807, 2.05) is 61.5 Å². The zero-order valence-electron chi connectivity index (χ0n) is 12.6. The molecular formula is C17H18N2O3. The second-order valence-electron chi connectivity index (χ2n) is 5.38. The summed E-state index contributed by atoms with van der Waals surface area (Å²) in [5.41, 5.74) is 0.820. The first-order valence-electron chi connectivity index (χ1n) is 7.09. The number of rotatable bonds is 4. The molecule has 22 heavy (non-hydrogen) atoms. The third-order valence-corrected chi connectivity index (χ3v) is 3.50. The van der Waals surface area contributed by atoms with E-state index in [0.29, 0.717) is 0 Å². The number of anilines is 2. The fourth-order valence-electron chi connectivity index (χ4n) is 2.45. The molecule has 1 N–H and O–H groups in total. The Labute approximate surface area is 129 Å². The maximum Gasteiger partial charge on any atom is 0.255 e. The Morgan fingerprint density at radius 1 is 1.14 bits per heavy atom. The van der Waals surface area contributed by atoms with Crippen LogP contribution in [0.5, 0.6) is 5.75 Å². The first-order chi connectivity index (χ1) is 10.6. The highest BCUT2D eigenvalue weighted by molar-refractivity contribution is 5.94. The van der Waals surface area contributed by atoms with Crippen molar-refractivity contribution in [2.75, 3.05) is 17.5 Å². The summed E-state index contributed by atoms with van der Waals surface area (Å²) in [7, 11) is 1.63. The maximum absolute atomic E-state index is 12.2. The molecule has 114 valence electrons. The van der Waals surface area contributed by atoms with Crippen molar-refractivity contribution in [2.24, 2.45) is 0 Å². The monoisotopic (exact) mass is 298 g/mol. The summed E-state index contributed by atoms with van der Waals surface area (Å²) in [4.78, 5) is 18.1. The van der Waals surface area contributed by atoms with E-state index in [2.05, 4.69) is 5.32 Å². The standard InChI is InChI=1S/C17H18N2O3/c1-17(18-13-8-10-15(21-2)11-9-13)12-16(20)19(22-17)14-6-4-3-5-7-14/h3-11,18H,12H2,1-2H3. The Bertz CT molecular complexity index is 657. The average Bonchev–Trinajstić information content (AvgIpc) is 2.83. The van der Waals surface area contributed by atoms with Crippen LogP contribution in [0.3, 0.4) is 0 Å². The highest BCUT2D eigenvalue weighted by Gasteiger charge is 2.42. The first-order valence-corrected chi connectivity index (χ1v) is 7.09. The number of carbonyl (C=O) groups excluding carboxylic acids is 1. The van der Waals surface area contributed by atoms with Crippen LogP contribution < -0.4 is 15.1 Å². The topological polar surface area (TPSA) is 50.8 Å². The van der Waals surface area contributed by atoms with Gasteiger partial charge in [0, 0.05) is 5.69 Å². The number of hydrogen-bond acceptors (Lipinski definition) is 4. The summed E-state index contributed by atoms with van der Waals surface area (Å²) in [6, 6.07) is 16.8. The Morgan fingerprint density at radius 3 is 2.45 bits per heavy atom. The first kappa shape index (κ1) is 14.4. The van der Waals surface area contributed by atoms with Gasteiger partial charge in [0.25, 0.3) is 5.91 Å². The van der Waals surface area contributed by atoms with Gasteiger partial charge in [0.1, 0.15) is 5.75 Å². The zero-order chi connectivity index (χ0) is 15.6. The van der Waals surface area contributed by atoms with Gasteiger partial charge < -0.3 is 10.1 Å². The normalized spacial score (nSPS) is 21.0. The minimum atomic E-state index is -0.776. The fourth-order valence-corrected chi connectivity index (χ4v) is 2.45. The van der Waals surface area contributed by atoms with Gasteiger partial charge in [-0.2, -0.15) is 5.06 Å². The molecule has 3 rings (SSSR count). The molecule has 0 bridgehead atoms. The highest BCUT2D eigenvalue weighted by Crippen LogP contribution is 2.32. The van der Waals surface area contributed by atoms with Crippen molar-refractivity contribution in [1.82, 2.24) is 0 Å². The van der Waals surface area contributed by atoms with Gasteiger partial charge in [-0.1, -0.05) is 18.2 Å². The Balaban J connectivity index is 1.75. The van der Waals surface area contributed by atoms with Gasteiger partial charge in [0.05, 0.1) is 19.2 Å². The summed E-state index contributed by atoms with van der Waals surface area (Å²) in [6.07, 6.45) is 0.258. The molecule has 0 radical (unpaired) electrons. The third-order valence-electron chi connectivity index (χ3n) is 3.50. The van der Waals surface area contributed by atoms with E-state index in [9.17, 15) is 4.79 Å². The van der Waals surface area contributed by atoms with Crippen LogP contribution in [0.4, 0.5) is 11.4 Å². The number of para-hydroxylation sites is 1. The quantitative estimate of drug-likeness (QED) is 0.942. The van der Waals surface area contributed by atoms with Gasteiger partial charge in [0.15, 0.2) is 5.72 Å². The molecule has 1 atom stereocenters. The molecule has 0 aromatic heterocycles. The fraction of sp³-hybridized carbons (Fsp3) is 0.235. The summed E-state index contributed by atoms with van der Waals surface area (Å²) >= 11 is 0. The van der Waals surface area contributed by atoms with Crippen LogP contribution >= 0.6 is 0 Å². The molecule has 0 spiro atoms.